The summed E-state index contributed by atoms with van der Waals surface area (Å²) in [6.45, 7) is 17.2. The number of carbonyl (C=O) groups is 3. The van der Waals surface area contributed by atoms with Crippen LogP contribution in [0.3, 0.4) is 0 Å². The third kappa shape index (κ3) is 57.3. The molecule has 0 bridgehead atoms. The van der Waals surface area contributed by atoms with Gasteiger partial charge in [-0.1, -0.05) is 79.3 Å². The molecule has 0 aliphatic heterocycles. The average molecular weight is 503 g/mol. The Morgan fingerprint density at radius 2 is 1.06 bits per heavy atom. The van der Waals surface area contributed by atoms with E-state index in [-0.39, 0.29) is 88.4 Å². The molecule has 0 aromatic carbocycles. The Balaban J connectivity index is -0.0000000317. The topological polar surface area (TPSA) is 99.1 Å². The van der Waals surface area contributed by atoms with Crippen molar-refractivity contribution in [3.63, 3.8) is 0 Å². The van der Waals surface area contributed by atoms with E-state index in [2.05, 4.69) is 11.3 Å². The number of aliphatic hydroxyl groups is 1. The van der Waals surface area contributed by atoms with E-state index in [1.54, 1.807) is 13.8 Å². The second-order valence-corrected chi connectivity index (χ2v) is 6.15. The summed E-state index contributed by atoms with van der Waals surface area (Å²) in [5.41, 5.74) is 0.265. The smallest absolute Gasteiger partial charge is 0.344 e. The summed E-state index contributed by atoms with van der Waals surface area (Å²) in [5.74, 6) is -1.31. The molecule has 0 saturated carbocycles. The summed E-state index contributed by atoms with van der Waals surface area (Å²) in [5, 5.41) is 8.36. The predicted octanol–water partition coefficient (Wildman–Crippen LogP) is 8.03. The molecular formula is C27H66O7. The molecule has 0 aliphatic rings. The molecule has 0 spiro atoms. The third-order valence-electron chi connectivity index (χ3n) is 3.11. The van der Waals surface area contributed by atoms with Crippen LogP contribution < -0.4 is 0 Å². The van der Waals surface area contributed by atoms with Crippen molar-refractivity contribution in [2.75, 3.05) is 6.61 Å². The van der Waals surface area contributed by atoms with E-state index in [1.165, 1.54) is 13.8 Å². The van der Waals surface area contributed by atoms with E-state index >= 15 is 0 Å². The quantitative estimate of drug-likeness (QED) is 0.204. The summed E-state index contributed by atoms with van der Waals surface area (Å²) in [4.78, 5) is 32.1. The van der Waals surface area contributed by atoms with Crippen LogP contribution in [0.15, 0.2) is 12.2 Å². The van der Waals surface area contributed by atoms with Gasteiger partial charge in [0, 0.05) is 12.5 Å². The Bertz CT molecular complexity index is 433. The van der Waals surface area contributed by atoms with Gasteiger partial charge < -0.3 is 19.3 Å². The fraction of sp³-hybridized carbons (Fsp3) is 0.815. The first kappa shape index (κ1) is 63.6. The van der Waals surface area contributed by atoms with Crippen molar-refractivity contribution in [3.05, 3.63) is 12.2 Å². The molecule has 0 fully saturated rings. The lowest BCUT2D eigenvalue weighted by Crippen LogP contribution is -2.20. The van der Waals surface area contributed by atoms with Gasteiger partial charge in [0.15, 0.2) is 6.61 Å². The van der Waals surface area contributed by atoms with Crippen LogP contribution in [0.1, 0.15) is 127 Å². The lowest BCUT2D eigenvalue weighted by Gasteiger charge is -2.10. The number of rotatable bonds is 8. The van der Waals surface area contributed by atoms with Crippen molar-refractivity contribution in [1.82, 2.24) is 0 Å². The minimum Gasteiger partial charge on any atom is -0.463 e. The molecule has 0 rings (SSSR count). The van der Waals surface area contributed by atoms with Crippen LogP contribution in [0.5, 0.6) is 0 Å². The van der Waals surface area contributed by atoms with Crippen LogP contribution in [-0.2, 0) is 28.6 Å². The highest BCUT2D eigenvalue weighted by atomic mass is 16.6. The van der Waals surface area contributed by atoms with E-state index < -0.39 is 11.9 Å². The second-order valence-electron chi connectivity index (χ2n) is 6.15. The summed E-state index contributed by atoms with van der Waals surface area (Å²) >= 11 is 0. The number of hydrogen-bond donors (Lipinski definition) is 1. The van der Waals surface area contributed by atoms with Gasteiger partial charge in [-0.15, -0.1) is 0 Å². The third-order valence-corrected chi connectivity index (χ3v) is 3.11. The molecule has 0 radical (unpaired) electrons. The number of ether oxygens (including phenoxy) is 3. The minimum absolute atomic E-state index is 0. The van der Waals surface area contributed by atoms with Crippen molar-refractivity contribution < 1.29 is 33.7 Å². The molecule has 7 nitrogen and oxygen atoms in total. The van der Waals surface area contributed by atoms with Gasteiger partial charge in [-0.05, 0) is 47.0 Å². The fourth-order valence-corrected chi connectivity index (χ4v) is 0.956. The molecule has 3 atom stereocenters. The van der Waals surface area contributed by atoms with Crippen LogP contribution in [0.25, 0.3) is 0 Å². The highest BCUT2D eigenvalue weighted by Crippen LogP contribution is 1.98. The molecule has 34 heavy (non-hydrogen) atoms. The number of esters is 3. The molecule has 216 valence electrons. The molecule has 7 heteroatoms. The Morgan fingerprint density at radius 3 is 1.26 bits per heavy atom. The van der Waals surface area contributed by atoms with Crippen molar-refractivity contribution >= 4 is 17.9 Å². The fourth-order valence-electron chi connectivity index (χ4n) is 0.956. The predicted molar refractivity (Wildman–Crippen MR) is 152 cm³/mol. The molecule has 1 N–H and O–H groups in total. The summed E-state index contributed by atoms with van der Waals surface area (Å²) in [6.07, 6.45) is 2.30. The van der Waals surface area contributed by atoms with Crippen LogP contribution in [-0.4, -0.2) is 47.9 Å². The van der Waals surface area contributed by atoms with Gasteiger partial charge in [0.05, 0.1) is 18.3 Å². The van der Waals surface area contributed by atoms with Gasteiger partial charge in [0.25, 0.3) is 0 Å². The zero-order valence-electron chi connectivity index (χ0n) is 18.2. The van der Waals surface area contributed by atoms with E-state index in [4.69, 9.17) is 14.6 Å². The normalized spacial score (nSPS) is 10.0. The van der Waals surface area contributed by atoms with Crippen LogP contribution in [0, 0.1) is 0 Å². The highest BCUT2D eigenvalue weighted by molar-refractivity contribution is 5.88. The molecule has 0 amide bonds. The van der Waals surface area contributed by atoms with Crippen molar-refractivity contribution in [2.45, 2.75) is 145 Å². The average Bonchev–Trinajstić information content (AvgIpc) is 2.59. The molecule has 3 unspecified atom stereocenters. The first-order valence-corrected chi connectivity index (χ1v) is 9.28. The number of carbonyl (C=O) groups excluding carboxylic acids is 3. The number of aliphatic hydroxyl groups excluding tert-OH is 1. The van der Waals surface area contributed by atoms with Gasteiger partial charge >= 0.3 is 17.9 Å². The molecular weight excluding hydrogens is 436 g/mol. The molecule has 0 saturated heterocycles. The first-order valence-electron chi connectivity index (χ1n) is 9.28. The highest BCUT2D eigenvalue weighted by Gasteiger charge is 2.11. The summed E-state index contributed by atoms with van der Waals surface area (Å²) < 4.78 is 14.2. The van der Waals surface area contributed by atoms with E-state index in [0.717, 1.165) is 19.3 Å². The standard InChI is InChI=1S/C10H16O4.C6H12O2.C4H10O.7CH4/c1-5-8(4)14-9(11)6-13-10(12)7(2)3;1-4-5(2)8-6(3)7;1-3-4(2)5;;;;;;;/h8H,2,5-6H2,1,3-4H3;5H,4H2,1-3H3;4-5H,3H2,1-2H3;7*1H4. The Labute approximate surface area is 215 Å². The summed E-state index contributed by atoms with van der Waals surface area (Å²) in [6, 6.07) is 0. The molecule has 0 aliphatic carbocycles. The zero-order valence-corrected chi connectivity index (χ0v) is 18.2. The van der Waals surface area contributed by atoms with Gasteiger partial charge in [-0.3, -0.25) is 4.79 Å². The maximum Gasteiger partial charge on any atom is 0.344 e. The SMILES string of the molecule is C.C.C.C.C.C.C.C=C(C)C(=O)OCC(=O)OC(C)CC.CCC(C)O.CCC(C)OC(C)=O. The molecule has 0 aromatic heterocycles. The van der Waals surface area contributed by atoms with Crippen LogP contribution in [0.4, 0.5) is 0 Å². The largest absolute Gasteiger partial charge is 0.463 e. The zero-order chi connectivity index (χ0) is 22.0. The van der Waals surface area contributed by atoms with Crippen molar-refractivity contribution in [2.24, 2.45) is 0 Å². The van der Waals surface area contributed by atoms with Gasteiger partial charge in [-0.2, -0.15) is 0 Å². The Morgan fingerprint density at radius 1 is 0.735 bits per heavy atom. The van der Waals surface area contributed by atoms with E-state index in [9.17, 15) is 14.4 Å². The van der Waals surface area contributed by atoms with Crippen LogP contribution in [0.2, 0.25) is 0 Å². The van der Waals surface area contributed by atoms with Crippen LogP contribution >= 0.6 is 0 Å². The monoisotopic (exact) mass is 502 g/mol. The van der Waals surface area contributed by atoms with Gasteiger partial charge in [0.2, 0.25) is 0 Å². The van der Waals surface area contributed by atoms with E-state index in [0.29, 0.717) is 0 Å². The minimum atomic E-state index is -0.578. The Kier molecular flexibility index (Phi) is 77.4. The number of hydrogen-bond acceptors (Lipinski definition) is 7. The summed E-state index contributed by atoms with van der Waals surface area (Å²) in [7, 11) is 0. The van der Waals surface area contributed by atoms with Gasteiger partial charge in [-0.25, -0.2) is 9.59 Å². The Hall–Kier alpha value is -1.89. The maximum absolute atomic E-state index is 11.0. The lowest BCUT2D eigenvalue weighted by molar-refractivity contribution is -0.160. The molecule has 0 aromatic rings. The van der Waals surface area contributed by atoms with Gasteiger partial charge in [0.1, 0.15) is 0 Å². The first-order chi connectivity index (χ1) is 12.4. The second kappa shape index (κ2) is 41.4. The van der Waals surface area contributed by atoms with Crippen molar-refractivity contribution in [3.8, 4) is 0 Å². The van der Waals surface area contributed by atoms with E-state index in [1.807, 2.05) is 27.7 Å². The maximum atomic E-state index is 11.0. The molecule has 0 heterocycles. The lowest BCUT2D eigenvalue weighted by atomic mass is 10.3. The van der Waals surface area contributed by atoms with Crippen molar-refractivity contribution in [1.29, 1.82) is 0 Å².